The number of epoxide rings is 1. The molecule has 1 unspecified atom stereocenters. The molecule has 0 radical (unpaired) electrons. The van der Waals surface area contributed by atoms with Gasteiger partial charge in [0.1, 0.15) is 6.61 Å². The van der Waals surface area contributed by atoms with Crippen molar-refractivity contribution >= 4 is 11.9 Å². The fourth-order valence-corrected chi connectivity index (χ4v) is 0.781. The number of hydrogen-bond acceptors (Lipinski definition) is 5. The molecule has 0 amide bonds. The number of carbonyl (C=O) groups excluding carboxylic acids is 2. The van der Waals surface area contributed by atoms with Gasteiger partial charge in [-0.1, -0.05) is 6.08 Å². The summed E-state index contributed by atoms with van der Waals surface area (Å²) in [5.74, 6) is -1.46. The van der Waals surface area contributed by atoms with E-state index < -0.39 is 17.5 Å². The lowest BCUT2D eigenvalue weighted by Gasteiger charge is -2.05. The second-order valence-electron chi connectivity index (χ2n) is 2.48. The van der Waals surface area contributed by atoms with Gasteiger partial charge in [-0.15, -0.1) is 0 Å². The van der Waals surface area contributed by atoms with E-state index in [1.54, 1.807) is 6.92 Å². The third kappa shape index (κ3) is 1.70. The van der Waals surface area contributed by atoms with Gasteiger partial charge in [0, 0.05) is 0 Å². The minimum atomic E-state index is -1.51. The highest BCUT2D eigenvalue weighted by Gasteiger charge is 2.62. The van der Waals surface area contributed by atoms with E-state index in [1.807, 2.05) is 0 Å². The van der Waals surface area contributed by atoms with Crippen LogP contribution in [0.1, 0.15) is 6.92 Å². The highest BCUT2D eigenvalue weighted by atomic mass is 16.7. The largest absolute Gasteiger partial charge is 0.466 e. The van der Waals surface area contributed by atoms with Crippen molar-refractivity contribution in [1.82, 2.24) is 0 Å². The Morgan fingerprint density at radius 2 is 2.08 bits per heavy atom. The van der Waals surface area contributed by atoms with Gasteiger partial charge in [0.25, 0.3) is 5.60 Å². The molecule has 1 heterocycles. The van der Waals surface area contributed by atoms with Gasteiger partial charge in [-0.25, -0.2) is 9.59 Å². The van der Waals surface area contributed by atoms with Crippen molar-refractivity contribution in [2.45, 2.75) is 12.5 Å². The second kappa shape index (κ2) is 3.57. The van der Waals surface area contributed by atoms with Crippen LogP contribution in [0.25, 0.3) is 0 Å². The van der Waals surface area contributed by atoms with E-state index in [0.717, 1.165) is 0 Å². The van der Waals surface area contributed by atoms with Crippen LogP contribution in [0.3, 0.4) is 0 Å². The molecule has 0 aliphatic carbocycles. The Labute approximate surface area is 75.3 Å². The summed E-state index contributed by atoms with van der Waals surface area (Å²) in [6, 6.07) is 0. The van der Waals surface area contributed by atoms with Crippen molar-refractivity contribution < 1.29 is 23.8 Å². The molecule has 0 aromatic heterocycles. The maximum atomic E-state index is 11.2. The second-order valence-corrected chi connectivity index (χ2v) is 2.48. The lowest BCUT2D eigenvalue weighted by Crippen LogP contribution is -2.36. The molecule has 5 nitrogen and oxygen atoms in total. The third-order valence-electron chi connectivity index (χ3n) is 1.59. The molecule has 0 N–H and O–H groups in total. The normalized spacial score (nSPS) is 25.7. The first-order valence-electron chi connectivity index (χ1n) is 3.72. The molecule has 0 aromatic rings. The molecule has 1 aliphatic heterocycles. The quantitative estimate of drug-likeness (QED) is 0.269. The van der Waals surface area contributed by atoms with Crippen LogP contribution in [0.2, 0.25) is 0 Å². The number of allylic oxidation sites excluding steroid dienone is 1. The first kappa shape index (κ1) is 9.73. The van der Waals surface area contributed by atoms with Crippen LogP contribution < -0.4 is 0 Å². The third-order valence-corrected chi connectivity index (χ3v) is 1.59. The zero-order valence-electron chi connectivity index (χ0n) is 7.40. The summed E-state index contributed by atoms with van der Waals surface area (Å²) >= 11 is 0. The van der Waals surface area contributed by atoms with E-state index in [2.05, 4.69) is 9.47 Å². The van der Waals surface area contributed by atoms with Gasteiger partial charge in [-0.2, -0.15) is 0 Å². The minimum absolute atomic E-state index is 0.0239. The molecule has 1 atom stereocenters. The maximum absolute atomic E-state index is 11.2. The highest BCUT2D eigenvalue weighted by molar-refractivity contribution is 6.06. The average molecular weight is 186 g/mol. The van der Waals surface area contributed by atoms with Crippen molar-refractivity contribution in [3.05, 3.63) is 12.3 Å². The number of esters is 2. The van der Waals surface area contributed by atoms with Crippen molar-refractivity contribution in [3.63, 3.8) is 0 Å². The zero-order chi connectivity index (χ0) is 9.90. The Balaban J connectivity index is 2.60. The van der Waals surface area contributed by atoms with Crippen LogP contribution in [-0.2, 0) is 23.8 Å². The predicted octanol–water partition coefficient (Wildman–Crippen LogP) is 0.00520. The molecule has 1 fully saturated rings. The number of hydrogen-bond donors (Lipinski definition) is 0. The summed E-state index contributed by atoms with van der Waals surface area (Å²) in [4.78, 5) is 22.2. The first-order valence-corrected chi connectivity index (χ1v) is 3.72. The van der Waals surface area contributed by atoms with Crippen molar-refractivity contribution in [2.75, 3.05) is 13.7 Å². The van der Waals surface area contributed by atoms with Crippen LogP contribution >= 0.6 is 0 Å². The highest BCUT2D eigenvalue weighted by Crippen LogP contribution is 2.29. The number of methoxy groups -OCH3 is 1. The fraction of sp³-hybridized carbons (Fsp3) is 0.500. The molecule has 1 aliphatic rings. The van der Waals surface area contributed by atoms with E-state index in [4.69, 9.17) is 4.74 Å². The lowest BCUT2D eigenvalue weighted by atomic mass is 10.2. The summed E-state index contributed by atoms with van der Waals surface area (Å²) in [5.41, 5.74) is -1.51. The topological polar surface area (TPSA) is 65.1 Å². The van der Waals surface area contributed by atoms with Gasteiger partial charge in [-0.3, -0.25) is 0 Å². The van der Waals surface area contributed by atoms with E-state index in [0.29, 0.717) is 0 Å². The van der Waals surface area contributed by atoms with Crippen LogP contribution in [-0.4, -0.2) is 31.3 Å². The Kier molecular flexibility index (Phi) is 2.67. The van der Waals surface area contributed by atoms with Crippen LogP contribution in [0.15, 0.2) is 12.3 Å². The molecule has 1 rings (SSSR count). The van der Waals surface area contributed by atoms with Gasteiger partial charge in [0.05, 0.1) is 13.4 Å². The Hall–Kier alpha value is -1.36. The standard InChI is InChI=1S/C8H10O5/c1-3-4-12-7(10)8(5-13-8)6(9)11-2/h3-4H,5H2,1-2H3. The molecule has 0 spiro atoms. The van der Waals surface area contributed by atoms with E-state index in [1.165, 1.54) is 19.4 Å². The van der Waals surface area contributed by atoms with Crippen LogP contribution in [0, 0.1) is 0 Å². The molecular formula is C8H10O5. The Morgan fingerprint density at radius 1 is 1.46 bits per heavy atom. The average Bonchev–Trinajstić information content (AvgIpc) is 2.93. The molecule has 1 saturated heterocycles. The summed E-state index contributed by atoms with van der Waals surface area (Å²) < 4.78 is 13.7. The summed E-state index contributed by atoms with van der Waals surface area (Å²) in [7, 11) is 1.19. The molecule has 0 saturated carbocycles. The van der Waals surface area contributed by atoms with Crippen molar-refractivity contribution in [1.29, 1.82) is 0 Å². The first-order chi connectivity index (χ1) is 6.17. The summed E-state index contributed by atoms with van der Waals surface area (Å²) in [6.45, 7) is 1.71. The molecule has 0 aromatic carbocycles. The number of carbonyl (C=O) groups is 2. The molecule has 0 bridgehead atoms. The fourth-order valence-electron chi connectivity index (χ4n) is 0.781. The Morgan fingerprint density at radius 3 is 2.46 bits per heavy atom. The number of ether oxygens (including phenoxy) is 3. The van der Waals surface area contributed by atoms with Gasteiger partial charge in [0.2, 0.25) is 0 Å². The SMILES string of the molecule is CC=COC(=O)C1(C(=O)OC)CO1. The summed E-state index contributed by atoms with van der Waals surface area (Å²) in [6.07, 6.45) is 2.72. The molecule has 5 heteroatoms. The molecular weight excluding hydrogens is 176 g/mol. The lowest BCUT2D eigenvalue weighted by molar-refractivity contribution is -0.159. The van der Waals surface area contributed by atoms with E-state index in [9.17, 15) is 9.59 Å². The van der Waals surface area contributed by atoms with Gasteiger partial charge >= 0.3 is 11.9 Å². The monoisotopic (exact) mass is 186 g/mol. The predicted molar refractivity (Wildman–Crippen MR) is 41.6 cm³/mol. The van der Waals surface area contributed by atoms with Gasteiger partial charge < -0.3 is 14.2 Å². The van der Waals surface area contributed by atoms with Crippen molar-refractivity contribution in [3.8, 4) is 0 Å². The van der Waals surface area contributed by atoms with Gasteiger partial charge in [0.15, 0.2) is 0 Å². The van der Waals surface area contributed by atoms with Crippen LogP contribution in [0.5, 0.6) is 0 Å². The molecule has 13 heavy (non-hydrogen) atoms. The summed E-state index contributed by atoms with van der Waals surface area (Å²) in [5, 5.41) is 0. The zero-order valence-corrected chi connectivity index (χ0v) is 7.40. The van der Waals surface area contributed by atoms with Crippen molar-refractivity contribution in [2.24, 2.45) is 0 Å². The van der Waals surface area contributed by atoms with Gasteiger partial charge in [-0.05, 0) is 6.92 Å². The van der Waals surface area contributed by atoms with E-state index >= 15 is 0 Å². The number of rotatable bonds is 3. The maximum Gasteiger partial charge on any atom is 0.357 e. The van der Waals surface area contributed by atoms with E-state index in [-0.39, 0.29) is 6.61 Å². The Bertz CT molecular complexity index is 251. The smallest absolute Gasteiger partial charge is 0.357 e. The van der Waals surface area contributed by atoms with Crippen LogP contribution in [0.4, 0.5) is 0 Å². The molecule has 72 valence electrons. The minimum Gasteiger partial charge on any atom is -0.466 e.